The number of nitrogens with one attached hydrogen (secondary N) is 1. The molecule has 9 heteroatoms. The van der Waals surface area contributed by atoms with Crippen molar-refractivity contribution in [1.82, 2.24) is 5.32 Å². The highest BCUT2D eigenvalue weighted by molar-refractivity contribution is 6.01. The van der Waals surface area contributed by atoms with Crippen LogP contribution >= 0.6 is 0 Å². The minimum absolute atomic E-state index is 0.0485. The summed E-state index contributed by atoms with van der Waals surface area (Å²) in [6, 6.07) is 9.51. The second-order valence-electron chi connectivity index (χ2n) is 6.64. The van der Waals surface area contributed by atoms with E-state index < -0.39 is 11.9 Å². The number of ether oxygens (including phenoxy) is 5. The molecule has 33 heavy (non-hydrogen) atoms. The van der Waals surface area contributed by atoms with Gasteiger partial charge in [0.15, 0.2) is 23.0 Å². The van der Waals surface area contributed by atoms with Crippen molar-refractivity contribution in [2.75, 3.05) is 35.0 Å². The summed E-state index contributed by atoms with van der Waals surface area (Å²) in [4.78, 5) is 24.9. The third kappa shape index (κ3) is 6.17. The molecular weight excluding hydrogens is 428 g/mol. The summed E-state index contributed by atoms with van der Waals surface area (Å²) in [5, 5.41) is 12.0. The summed E-state index contributed by atoms with van der Waals surface area (Å²) in [7, 11) is 5.77. The normalized spacial score (nSPS) is 10.6. The Hall–Kier alpha value is -4.19. The summed E-state index contributed by atoms with van der Waals surface area (Å²) < 4.78 is 26.6. The van der Waals surface area contributed by atoms with E-state index in [0.717, 1.165) is 6.42 Å². The summed E-state index contributed by atoms with van der Waals surface area (Å²) >= 11 is 0. The van der Waals surface area contributed by atoms with Gasteiger partial charge in [0, 0.05) is 6.54 Å². The third-order valence-electron chi connectivity index (χ3n) is 4.50. The number of carbonyl (C=O) groups is 2. The van der Waals surface area contributed by atoms with Crippen molar-refractivity contribution in [3.63, 3.8) is 0 Å². The van der Waals surface area contributed by atoms with E-state index >= 15 is 0 Å². The lowest BCUT2D eigenvalue weighted by Gasteiger charge is -2.14. The molecule has 1 amide bonds. The van der Waals surface area contributed by atoms with Crippen molar-refractivity contribution in [2.45, 2.75) is 13.3 Å². The second kappa shape index (κ2) is 12.0. The Morgan fingerprint density at radius 2 is 1.58 bits per heavy atom. The van der Waals surface area contributed by atoms with Crippen LogP contribution in [0.4, 0.5) is 0 Å². The lowest BCUT2D eigenvalue weighted by molar-refractivity contribution is -0.117. The van der Waals surface area contributed by atoms with Crippen LogP contribution in [0, 0.1) is 11.3 Å². The molecule has 0 saturated heterocycles. The van der Waals surface area contributed by atoms with E-state index in [9.17, 15) is 14.9 Å². The van der Waals surface area contributed by atoms with Crippen LogP contribution in [0.1, 0.15) is 29.3 Å². The Morgan fingerprint density at radius 1 is 0.939 bits per heavy atom. The number of esters is 1. The fourth-order valence-electron chi connectivity index (χ4n) is 2.87. The first-order valence-corrected chi connectivity index (χ1v) is 10.0. The number of hydrogen-bond acceptors (Lipinski definition) is 8. The Kier molecular flexibility index (Phi) is 9.12. The lowest BCUT2D eigenvalue weighted by Crippen LogP contribution is -2.25. The fourth-order valence-corrected chi connectivity index (χ4v) is 2.87. The van der Waals surface area contributed by atoms with E-state index in [2.05, 4.69) is 5.32 Å². The van der Waals surface area contributed by atoms with Gasteiger partial charge in [-0.15, -0.1) is 0 Å². The van der Waals surface area contributed by atoms with E-state index in [0.29, 0.717) is 29.4 Å². The maximum absolute atomic E-state index is 12.8. The Bertz CT molecular complexity index is 1060. The molecule has 1 N–H and O–H groups in total. The number of methoxy groups -OCH3 is 4. The molecule has 0 bridgehead atoms. The van der Waals surface area contributed by atoms with E-state index in [1.807, 2.05) is 13.0 Å². The molecule has 0 aliphatic rings. The molecule has 0 unspecified atom stereocenters. The van der Waals surface area contributed by atoms with Crippen LogP contribution in [-0.2, 0) is 4.79 Å². The maximum Gasteiger partial charge on any atom is 0.343 e. The van der Waals surface area contributed by atoms with Gasteiger partial charge in [-0.05, 0) is 42.3 Å². The maximum atomic E-state index is 12.8. The molecule has 174 valence electrons. The summed E-state index contributed by atoms with van der Waals surface area (Å²) in [6.45, 7) is 2.38. The van der Waals surface area contributed by atoms with Crippen molar-refractivity contribution in [1.29, 1.82) is 5.26 Å². The first-order valence-electron chi connectivity index (χ1n) is 10.0. The van der Waals surface area contributed by atoms with Crippen LogP contribution in [-0.4, -0.2) is 46.9 Å². The highest BCUT2D eigenvalue weighted by Gasteiger charge is 2.20. The van der Waals surface area contributed by atoms with Crippen LogP contribution in [0.2, 0.25) is 0 Å². The molecule has 0 spiro atoms. The van der Waals surface area contributed by atoms with Crippen LogP contribution < -0.4 is 29.0 Å². The largest absolute Gasteiger partial charge is 0.493 e. The van der Waals surface area contributed by atoms with Crippen LogP contribution in [0.3, 0.4) is 0 Å². The second-order valence-corrected chi connectivity index (χ2v) is 6.64. The molecule has 0 atom stereocenters. The Balaban J connectivity index is 2.32. The Labute approximate surface area is 192 Å². The molecule has 2 rings (SSSR count). The standard InChI is InChI=1S/C24H26N2O7/c1-6-9-26-23(27)17(14-25)10-15-7-8-18(19(11-15)29-2)33-24(28)16-12-20(30-3)22(32-5)21(13-16)31-4/h7-8,10-13H,6,9H2,1-5H3,(H,26,27)/b17-10+. The minimum atomic E-state index is -0.674. The average Bonchev–Trinajstić information content (AvgIpc) is 2.85. The van der Waals surface area contributed by atoms with Crippen LogP contribution in [0.5, 0.6) is 28.7 Å². The molecular formula is C24H26N2O7. The van der Waals surface area contributed by atoms with E-state index in [1.54, 1.807) is 12.1 Å². The number of nitriles is 1. The van der Waals surface area contributed by atoms with Gasteiger partial charge in [0.05, 0.1) is 34.0 Å². The van der Waals surface area contributed by atoms with Crippen molar-refractivity contribution < 1.29 is 33.3 Å². The van der Waals surface area contributed by atoms with Gasteiger partial charge in [0.1, 0.15) is 11.6 Å². The summed E-state index contributed by atoms with van der Waals surface area (Å²) in [6.07, 6.45) is 2.18. The topological polar surface area (TPSA) is 116 Å². The quantitative estimate of drug-likeness (QED) is 0.251. The smallest absolute Gasteiger partial charge is 0.343 e. The van der Waals surface area contributed by atoms with Crippen LogP contribution in [0.15, 0.2) is 35.9 Å². The van der Waals surface area contributed by atoms with Gasteiger partial charge in [0.2, 0.25) is 5.75 Å². The number of benzene rings is 2. The Morgan fingerprint density at radius 3 is 2.09 bits per heavy atom. The zero-order chi connectivity index (χ0) is 24.4. The van der Waals surface area contributed by atoms with Gasteiger partial charge in [-0.3, -0.25) is 4.79 Å². The lowest BCUT2D eigenvalue weighted by atomic mass is 10.1. The van der Waals surface area contributed by atoms with E-state index in [-0.39, 0.29) is 22.6 Å². The first-order chi connectivity index (χ1) is 15.9. The number of nitrogens with zero attached hydrogens (tertiary/aromatic N) is 1. The van der Waals surface area contributed by atoms with E-state index in [4.69, 9.17) is 23.7 Å². The zero-order valence-electron chi connectivity index (χ0n) is 19.2. The number of carbonyl (C=O) groups excluding carboxylic acids is 2. The fraction of sp³-hybridized carbons (Fsp3) is 0.292. The SMILES string of the molecule is CCCNC(=O)/C(C#N)=C/c1ccc(OC(=O)c2cc(OC)c(OC)c(OC)c2)c(OC)c1. The first kappa shape index (κ1) is 25.1. The number of amides is 1. The van der Waals surface area contributed by atoms with Gasteiger partial charge >= 0.3 is 5.97 Å². The van der Waals surface area contributed by atoms with E-state index in [1.165, 1.54) is 52.7 Å². The molecule has 0 aromatic heterocycles. The van der Waals surface area contributed by atoms with Crippen molar-refractivity contribution in [3.8, 4) is 34.8 Å². The third-order valence-corrected chi connectivity index (χ3v) is 4.50. The van der Waals surface area contributed by atoms with Crippen molar-refractivity contribution >= 4 is 18.0 Å². The van der Waals surface area contributed by atoms with Crippen LogP contribution in [0.25, 0.3) is 6.08 Å². The molecule has 0 radical (unpaired) electrons. The molecule has 2 aromatic rings. The average molecular weight is 454 g/mol. The highest BCUT2D eigenvalue weighted by atomic mass is 16.6. The van der Waals surface area contributed by atoms with Gasteiger partial charge in [-0.1, -0.05) is 13.0 Å². The molecule has 2 aromatic carbocycles. The van der Waals surface area contributed by atoms with Gasteiger partial charge in [-0.25, -0.2) is 4.79 Å². The minimum Gasteiger partial charge on any atom is -0.493 e. The predicted molar refractivity (Wildman–Crippen MR) is 121 cm³/mol. The number of hydrogen-bond donors (Lipinski definition) is 1. The highest BCUT2D eigenvalue weighted by Crippen LogP contribution is 2.39. The molecule has 0 saturated carbocycles. The molecule has 0 aliphatic heterocycles. The molecule has 0 fully saturated rings. The molecule has 0 heterocycles. The van der Waals surface area contributed by atoms with Crippen molar-refractivity contribution in [3.05, 3.63) is 47.0 Å². The molecule has 0 aliphatic carbocycles. The molecule has 9 nitrogen and oxygen atoms in total. The van der Waals surface area contributed by atoms with Gasteiger partial charge in [-0.2, -0.15) is 5.26 Å². The zero-order valence-corrected chi connectivity index (χ0v) is 19.2. The van der Waals surface area contributed by atoms with Gasteiger partial charge < -0.3 is 29.0 Å². The summed E-state index contributed by atoms with van der Waals surface area (Å²) in [5.41, 5.74) is 0.658. The van der Waals surface area contributed by atoms with Crippen molar-refractivity contribution in [2.24, 2.45) is 0 Å². The number of rotatable bonds is 10. The predicted octanol–water partition coefficient (Wildman–Crippen LogP) is 3.37. The monoisotopic (exact) mass is 454 g/mol. The summed E-state index contributed by atoms with van der Waals surface area (Å²) in [5.74, 6) is 0.228. The van der Waals surface area contributed by atoms with Gasteiger partial charge in [0.25, 0.3) is 5.91 Å².